The number of ether oxygens (including phenoxy) is 1. The van der Waals surface area contributed by atoms with Crippen LogP contribution in [0.4, 0.5) is 5.95 Å². The van der Waals surface area contributed by atoms with Gasteiger partial charge in [0.1, 0.15) is 6.04 Å². The minimum absolute atomic E-state index is 0.306. The summed E-state index contributed by atoms with van der Waals surface area (Å²) in [6, 6.07) is 1.75. The number of aromatic nitrogens is 3. The number of esters is 1. The molecule has 1 aliphatic rings. The molecule has 1 aliphatic heterocycles. The fourth-order valence-corrected chi connectivity index (χ4v) is 4.28. The molecule has 0 saturated carbocycles. The summed E-state index contributed by atoms with van der Waals surface area (Å²) in [4.78, 5) is 18.2. The number of allylic oxidation sites excluding steroid dienone is 1. The van der Waals surface area contributed by atoms with Crippen molar-refractivity contribution >= 4 is 35.0 Å². The molecule has 0 bridgehead atoms. The number of aryl methyl sites for hydroxylation is 1. The standard InChI is InChI=1S/C16H20N4O2S2/c1-5-22-14(21)11-10(4)17-15-18-16(23-6-2)19-20(15)12(11)13-9(3)7-8-24-13/h7-8,12H,5-6H2,1-4H3,(H,17,18,19). The maximum absolute atomic E-state index is 12.6. The van der Waals surface area contributed by atoms with Gasteiger partial charge in [-0.25, -0.2) is 9.48 Å². The number of nitrogens with one attached hydrogen (secondary N) is 1. The molecule has 0 saturated heterocycles. The highest BCUT2D eigenvalue weighted by atomic mass is 32.2. The molecule has 0 radical (unpaired) electrons. The summed E-state index contributed by atoms with van der Waals surface area (Å²) >= 11 is 3.20. The van der Waals surface area contributed by atoms with Crippen LogP contribution in [0.5, 0.6) is 0 Å². The number of thiophene rings is 1. The smallest absolute Gasteiger partial charge is 0.338 e. The molecule has 1 N–H and O–H groups in total. The Labute approximate surface area is 149 Å². The number of thioether (sulfide) groups is 1. The molecular weight excluding hydrogens is 344 g/mol. The molecule has 1 unspecified atom stereocenters. The van der Waals surface area contributed by atoms with Crippen LogP contribution in [0.3, 0.4) is 0 Å². The van der Waals surface area contributed by atoms with Crippen molar-refractivity contribution in [2.45, 2.75) is 38.9 Å². The van der Waals surface area contributed by atoms with Gasteiger partial charge in [0.05, 0.1) is 12.2 Å². The lowest BCUT2D eigenvalue weighted by Crippen LogP contribution is -2.29. The number of hydrogen-bond acceptors (Lipinski definition) is 7. The first-order valence-electron chi connectivity index (χ1n) is 7.85. The summed E-state index contributed by atoms with van der Waals surface area (Å²) in [5.41, 5.74) is 2.49. The Morgan fingerprint density at radius 1 is 1.46 bits per heavy atom. The zero-order valence-electron chi connectivity index (χ0n) is 14.1. The van der Waals surface area contributed by atoms with Crippen molar-refractivity contribution < 1.29 is 9.53 Å². The molecule has 0 aromatic carbocycles. The maximum Gasteiger partial charge on any atom is 0.338 e. The number of fused-ring (bicyclic) bond motifs is 1. The second kappa shape index (κ2) is 6.98. The third-order valence-corrected chi connectivity index (χ3v) is 5.54. The van der Waals surface area contributed by atoms with Gasteiger partial charge in [0.2, 0.25) is 11.1 Å². The van der Waals surface area contributed by atoms with Gasteiger partial charge in [0.15, 0.2) is 0 Å². The van der Waals surface area contributed by atoms with Crippen molar-refractivity contribution in [2.75, 3.05) is 17.7 Å². The van der Waals surface area contributed by atoms with Gasteiger partial charge in [0.25, 0.3) is 0 Å². The zero-order valence-corrected chi connectivity index (χ0v) is 15.8. The van der Waals surface area contributed by atoms with Crippen molar-refractivity contribution in [1.82, 2.24) is 14.8 Å². The number of anilines is 1. The van der Waals surface area contributed by atoms with Crippen molar-refractivity contribution in [3.8, 4) is 0 Å². The topological polar surface area (TPSA) is 69.0 Å². The third kappa shape index (κ3) is 2.95. The molecule has 6 nitrogen and oxygen atoms in total. The Kier molecular flexibility index (Phi) is 4.96. The molecule has 0 amide bonds. The predicted octanol–water partition coefficient (Wildman–Crippen LogP) is 3.61. The molecule has 0 spiro atoms. The summed E-state index contributed by atoms with van der Waals surface area (Å²) in [6.07, 6.45) is 0. The van der Waals surface area contributed by atoms with Crippen LogP contribution in [0, 0.1) is 6.92 Å². The van der Waals surface area contributed by atoms with E-state index in [1.165, 1.54) is 0 Å². The lowest BCUT2D eigenvalue weighted by molar-refractivity contribution is -0.139. The van der Waals surface area contributed by atoms with Crippen molar-refractivity contribution in [3.63, 3.8) is 0 Å². The van der Waals surface area contributed by atoms with Crippen LogP contribution in [0.2, 0.25) is 0 Å². The Morgan fingerprint density at radius 2 is 2.25 bits per heavy atom. The molecular formula is C16H20N4O2S2. The van der Waals surface area contributed by atoms with Crippen molar-refractivity contribution in [2.24, 2.45) is 0 Å². The predicted molar refractivity (Wildman–Crippen MR) is 96.6 cm³/mol. The Hall–Kier alpha value is -1.80. The summed E-state index contributed by atoms with van der Waals surface area (Å²) < 4.78 is 7.09. The highest BCUT2D eigenvalue weighted by molar-refractivity contribution is 7.99. The maximum atomic E-state index is 12.6. The van der Waals surface area contributed by atoms with Crippen LogP contribution >= 0.6 is 23.1 Å². The van der Waals surface area contributed by atoms with Crippen molar-refractivity contribution in [1.29, 1.82) is 0 Å². The molecule has 24 heavy (non-hydrogen) atoms. The van der Waals surface area contributed by atoms with E-state index < -0.39 is 0 Å². The lowest BCUT2D eigenvalue weighted by atomic mass is 10.00. The average Bonchev–Trinajstić information content (AvgIpc) is 3.12. The highest BCUT2D eigenvalue weighted by Gasteiger charge is 2.36. The third-order valence-electron chi connectivity index (χ3n) is 3.75. The zero-order chi connectivity index (χ0) is 17.3. The number of nitrogens with zero attached hydrogens (tertiary/aromatic N) is 3. The summed E-state index contributed by atoms with van der Waals surface area (Å²) in [5, 5.41) is 10.6. The molecule has 0 fully saturated rings. The van der Waals surface area contributed by atoms with Crippen LogP contribution in [0.1, 0.15) is 37.3 Å². The van der Waals surface area contributed by atoms with Gasteiger partial charge in [-0.15, -0.1) is 16.4 Å². The molecule has 3 heterocycles. The number of rotatable bonds is 5. The van der Waals surface area contributed by atoms with E-state index in [-0.39, 0.29) is 12.0 Å². The van der Waals surface area contributed by atoms with E-state index in [1.54, 1.807) is 27.8 Å². The number of carbonyl (C=O) groups excluding carboxylic acids is 1. The van der Waals surface area contributed by atoms with E-state index in [9.17, 15) is 4.79 Å². The van der Waals surface area contributed by atoms with E-state index in [2.05, 4.69) is 28.4 Å². The molecule has 1 atom stereocenters. The number of carbonyl (C=O) groups is 1. The van der Waals surface area contributed by atoms with Gasteiger partial charge < -0.3 is 10.1 Å². The molecule has 128 valence electrons. The highest BCUT2D eigenvalue weighted by Crippen LogP contribution is 2.39. The first-order chi connectivity index (χ1) is 11.6. The minimum Gasteiger partial charge on any atom is -0.463 e. The van der Waals surface area contributed by atoms with E-state index in [1.807, 2.05) is 26.2 Å². The molecule has 3 rings (SSSR count). The Balaban J connectivity index is 2.14. The van der Waals surface area contributed by atoms with Gasteiger partial charge in [-0.1, -0.05) is 18.7 Å². The van der Waals surface area contributed by atoms with E-state index in [0.717, 1.165) is 21.9 Å². The second-order valence-electron chi connectivity index (χ2n) is 5.35. The largest absolute Gasteiger partial charge is 0.463 e. The Bertz CT molecular complexity index is 794. The van der Waals surface area contributed by atoms with Crippen LogP contribution in [-0.4, -0.2) is 33.1 Å². The van der Waals surface area contributed by atoms with Crippen molar-refractivity contribution in [3.05, 3.63) is 33.2 Å². The summed E-state index contributed by atoms with van der Waals surface area (Å²) in [5.74, 6) is 1.24. The lowest BCUT2D eigenvalue weighted by Gasteiger charge is -2.27. The second-order valence-corrected chi connectivity index (χ2v) is 7.53. The van der Waals surface area contributed by atoms with E-state index >= 15 is 0 Å². The monoisotopic (exact) mass is 364 g/mol. The van der Waals surface area contributed by atoms with Gasteiger partial charge in [0, 0.05) is 10.6 Å². The van der Waals surface area contributed by atoms with Crippen LogP contribution < -0.4 is 5.32 Å². The first-order valence-corrected chi connectivity index (χ1v) is 9.71. The minimum atomic E-state index is -0.314. The quantitative estimate of drug-likeness (QED) is 0.646. The fraction of sp³-hybridized carbons (Fsp3) is 0.438. The number of hydrogen-bond donors (Lipinski definition) is 1. The van der Waals surface area contributed by atoms with Gasteiger partial charge >= 0.3 is 5.97 Å². The van der Waals surface area contributed by atoms with Crippen LogP contribution in [0.15, 0.2) is 27.9 Å². The Morgan fingerprint density at radius 3 is 2.88 bits per heavy atom. The van der Waals surface area contributed by atoms with Crippen LogP contribution in [0.25, 0.3) is 0 Å². The first kappa shape index (κ1) is 17.0. The fourth-order valence-electron chi connectivity index (χ4n) is 2.70. The summed E-state index contributed by atoms with van der Waals surface area (Å²) in [6.45, 7) is 8.14. The normalized spacial score (nSPS) is 16.8. The molecule has 0 aliphatic carbocycles. The van der Waals surface area contributed by atoms with Gasteiger partial charge in [-0.3, -0.25) is 0 Å². The molecule has 8 heteroatoms. The molecule has 2 aromatic heterocycles. The summed E-state index contributed by atoms with van der Waals surface area (Å²) in [7, 11) is 0. The van der Waals surface area contributed by atoms with E-state index in [4.69, 9.17) is 4.74 Å². The van der Waals surface area contributed by atoms with Gasteiger partial charge in [-0.05, 0) is 43.5 Å². The SMILES string of the molecule is CCOC(=O)C1=C(C)Nc2nc(SCC)nn2C1c1sccc1C. The van der Waals surface area contributed by atoms with Gasteiger partial charge in [-0.2, -0.15) is 4.98 Å². The van der Waals surface area contributed by atoms with Crippen LogP contribution in [-0.2, 0) is 9.53 Å². The van der Waals surface area contributed by atoms with E-state index in [0.29, 0.717) is 23.3 Å². The average molecular weight is 364 g/mol. The molecule has 2 aromatic rings.